The SMILES string of the molecule is OC(COc1ccc2c(c1)OCO2)CN1CCc2cncnc2C1. The third kappa shape index (κ3) is 3.27. The molecule has 1 unspecified atom stereocenters. The molecule has 1 aromatic heterocycles. The van der Waals surface area contributed by atoms with Crippen LogP contribution in [0, 0.1) is 0 Å². The van der Waals surface area contributed by atoms with Gasteiger partial charge in [0, 0.05) is 31.9 Å². The Morgan fingerprint density at radius 2 is 2.21 bits per heavy atom. The lowest BCUT2D eigenvalue weighted by Gasteiger charge is -2.29. The van der Waals surface area contributed by atoms with Gasteiger partial charge in [0.25, 0.3) is 0 Å². The van der Waals surface area contributed by atoms with Gasteiger partial charge in [-0.05, 0) is 24.1 Å². The van der Waals surface area contributed by atoms with Gasteiger partial charge in [0.1, 0.15) is 24.8 Å². The van der Waals surface area contributed by atoms with E-state index in [0.29, 0.717) is 18.0 Å². The second-order valence-corrected chi connectivity index (χ2v) is 5.96. The molecule has 0 amide bonds. The van der Waals surface area contributed by atoms with E-state index >= 15 is 0 Å². The van der Waals surface area contributed by atoms with Crippen molar-refractivity contribution in [3.8, 4) is 17.2 Å². The summed E-state index contributed by atoms with van der Waals surface area (Å²) in [6.07, 6.45) is 3.78. The van der Waals surface area contributed by atoms with Gasteiger partial charge < -0.3 is 19.3 Å². The zero-order valence-corrected chi connectivity index (χ0v) is 13.2. The van der Waals surface area contributed by atoms with Crippen LogP contribution >= 0.6 is 0 Å². The number of aliphatic hydroxyl groups excluding tert-OH is 1. The second-order valence-electron chi connectivity index (χ2n) is 5.96. The number of aliphatic hydroxyl groups is 1. The highest BCUT2D eigenvalue weighted by molar-refractivity contribution is 5.46. The molecule has 0 saturated heterocycles. The van der Waals surface area contributed by atoms with Crippen molar-refractivity contribution in [1.29, 1.82) is 0 Å². The lowest BCUT2D eigenvalue weighted by molar-refractivity contribution is 0.0631. The average Bonchev–Trinajstić information content (AvgIpc) is 3.07. The van der Waals surface area contributed by atoms with E-state index in [1.807, 2.05) is 18.3 Å². The maximum Gasteiger partial charge on any atom is 0.231 e. The monoisotopic (exact) mass is 329 g/mol. The highest BCUT2D eigenvalue weighted by Gasteiger charge is 2.20. The molecule has 3 heterocycles. The van der Waals surface area contributed by atoms with Gasteiger partial charge in [-0.3, -0.25) is 4.90 Å². The van der Waals surface area contributed by atoms with E-state index in [-0.39, 0.29) is 13.4 Å². The maximum absolute atomic E-state index is 10.2. The van der Waals surface area contributed by atoms with Crippen molar-refractivity contribution in [3.63, 3.8) is 0 Å². The van der Waals surface area contributed by atoms with Crippen molar-refractivity contribution >= 4 is 0 Å². The molecule has 1 atom stereocenters. The molecule has 0 fully saturated rings. The van der Waals surface area contributed by atoms with Gasteiger partial charge in [0.15, 0.2) is 11.5 Å². The first kappa shape index (κ1) is 15.2. The molecule has 7 heteroatoms. The zero-order chi connectivity index (χ0) is 16.4. The number of fused-ring (bicyclic) bond motifs is 2. The predicted molar refractivity (Wildman–Crippen MR) is 85.1 cm³/mol. The van der Waals surface area contributed by atoms with Gasteiger partial charge in [0.05, 0.1) is 5.69 Å². The molecule has 2 aromatic rings. The Labute approximate surface area is 139 Å². The highest BCUT2D eigenvalue weighted by atomic mass is 16.7. The Bertz CT molecular complexity index is 725. The molecule has 2 aliphatic heterocycles. The molecule has 1 aromatic carbocycles. The lowest BCUT2D eigenvalue weighted by atomic mass is 10.1. The Morgan fingerprint density at radius 1 is 1.29 bits per heavy atom. The Hall–Kier alpha value is -2.38. The first-order valence-corrected chi connectivity index (χ1v) is 7.98. The highest BCUT2D eigenvalue weighted by Crippen LogP contribution is 2.35. The average molecular weight is 329 g/mol. The molecule has 0 aliphatic carbocycles. The Morgan fingerprint density at radius 3 is 3.17 bits per heavy atom. The standard InChI is InChI=1S/C17H19N3O4/c21-13(7-20-4-3-12-6-18-10-19-15(12)8-20)9-22-14-1-2-16-17(5-14)24-11-23-16/h1-2,5-6,10,13,21H,3-4,7-9,11H2. The number of nitrogens with zero attached hydrogens (tertiary/aromatic N) is 3. The van der Waals surface area contributed by atoms with Crippen molar-refractivity contribution in [1.82, 2.24) is 14.9 Å². The van der Waals surface area contributed by atoms with Crippen LogP contribution in [0.25, 0.3) is 0 Å². The molecule has 0 spiro atoms. The van der Waals surface area contributed by atoms with Gasteiger partial charge in [-0.15, -0.1) is 0 Å². The van der Waals surface area contributed by atoms with Crippen molar-refractivity contribution in [2.75, 3.05) is 26.5 Å². The van der Waals surface area contributed by atoms with E-state index < -0.39 is 6.10 Å². The molecule has 7 nitrogen and oxygen atoms in total. The van der Waals surface area contributed by atoms with E-state index in [9.17, 15) is 5.11 Å². The molecule has 24 heavy (non-hydrogen) atoms. The summed E-state index contributed by atoms with van der Waals surface area (Å²) in [6, 6.07) is 5.41. The third-order valence-electron chi connectivity index (χ3n) is 4.21. The van der Waals surface area contributed by atoms with Crippen LogP contribution in [0.5, 0.6) is 17.2 Å². The summed E-state index contributed by atoms with van der Waals surface area (Å²) in [6.45, 7) is 2.64. The minimum atomic E-state index is -0.571. The molecule has 4 rings (SSSR count). The number of hydrogen-bond acceptors (Lipinski definition) is 7. The van der Waals surface area contributed by atoms with Crippen LogP contribution in [0.4, 0.5) is 0 Å². The van der Waals surface area contributed by atoms with Gasteiger partial charge in [-0.2, -0.15) is 0 Å². The third-order valence-corrected chi connectivity index (χ3v) is 4.21. The van der Waals surface area contributed by atoms with Gasteiger partial charge >= 0.3 is 0 Å². The van der Waals surface area contributed by atoms with Crippen molar-refractivity contribution in [2.24, 2.45) is 0 Å². The van der Waals surface area contributed by atoms with E-state index in [4.69, 9.17) is 14.2 Å². The van der Waals surface area contributed by atoms with Crippen LogP contribution in [-0.4, -0.2) is 52.6 Å². The van der Waals surface area contributed by atoms with Crippen LogP contribution < -0.4 is 14.2 Å². The van der Waals surface area contributed by atoms with E-state index in [1.165, 1.54) is 5.56 Å². The first-order chi connectivity index (χ1) is 11.8. The lowest BCUT2D eigenvalue weighted by Crippen LogP contribution is -2.39. The second kappa shape index (κ2) is 6.62. The van der Waals surface area contributed by atoms with Crippen LogP contribution in [0.2, 0.25) is 0 Å². The normalized spacial score (nSPS) is 17.4. The number of rotatable bonds is 5. The largest absolute Gasteiger partial charge is 0.491 e. The fourth-order valence-corrected chi connectivity index (χ4v) is 2.97. The van der Waals surface area contributed by atoms with E-state index in [2.05, 4.69) is 14.9 Å². The maximum atomic E-state index is 10.2. The van der Waals surface area contributed by atoms with Crippen molar-refractivity contribution < 1.29 is 19.3 Å². The fraction of sp³-hybridized carbons (Fsp3) is 0.412. The molecular weight excluding hydrogens is 310 g/mol. The summed E-state index contributed by atoms with van der Waals surface area (Å²) in [5.74, 6) is 2.06. The minimum absolute atomic E-state index is 0.229. The summed E-state index contributed by atoms with van der Waals surface area (Å²) in [7, 11) is 0. The van der Waals surface area contributed by atoms with Crippen LogP contribution in [0.3, 0.4) is 0 Å². The summed E-state index contributed by atoms with van der Waals surface area (Å²) >= 11 is 0. The van der Waals surface area contributed by atoms with Gasteiger partial charge in [-0.25, -0.2) is 9.97 Å². The van der Waals surface area contributed by atoms with Gasteiger partial charge in [-0.1, -0.05) is 0 Å². The van der Waals surface area contributed by atoms with E-state index in [1.54, 1.807) is 12.4 Å². The summed E-state index contributed by atoms with van der Waals surface area (Å²) in [4.78, 5) is 10.5. The molecule has 0 bridgehead atoms. The summed E-state index contributed by atoms with van der Waals surface area (Å²) in [5, 5.41) is 10.2. The molecular formula is C17H19N3O4. The quantitative estimate of drug-likeness (QED) is 0.877. The van der Waals surface area contributed by atoms with Crippen LogP contribution in [0.1, 0.15) is 11.3 Å². The Balaban J connectivity index is 1.29. The number of β-amino-alcohol motifs (C(OH)–C–C–N with tert-alkyl or cyclic N) is 1. The smallest absolute Gasteiger partial charge is 0.231 e. The van der Waals surface area contributed by atoms with Crippen LogP contribution in [0.15, 0.2) is 30.7 Å². The van der Waals surface area contributed by atoms with Crippen molar-refractivity contribution in [3.05, 3.63) is 42.0 Å². The topological polar surface area (TPSA) is 76.9 Å². The molecule has 0 saturated carbocycles. The van der Waals surface area contributed by atoms with Gasteiger partial charge in [0.2, 0.25) is 6.79 Å². The molecule has 0 radical (unpaired) electrons. The number of hydrogen-bond donors (Lipinski definition) is 1. The van der Waals surface area contributed by atoms with E-state index in [0.717, 1.165) is 31.0 Å². The zero-order valence-electron chi connectivity index (χ0n) is 13.2. The number of aromatic nitrogens is 2. The summed E-state index contributed by atoms with van der Waals surface area (Å²) in [5.41, 5.74) is 2.24. The van der Waals surface area contributed by atoms with Crippen LogP contribution in [-0.2, 0) is 13.0 Å². The molecule has 126 valence electrons. The summed E-state index contributed by atoms with van der Waals surface area (Å²) < 4.78 is 16.2. The molecule has 2 aliphatic rings. The number of benzene rings is 1. The predicted octanol–water partition coefficient (Wildman–Crippen LogP) is 1.00. The first-order valence-electron chi connectivity index (χ1n) is 7.98. The Kier molecular flexibility index (Phi) is 4.18. The molecule has 1 N–H and O–H groups in total. The number of ether oxygens (including phenoxy) is 3. The fourth-order valence-electron chi connectivity index (χ4n) is 2.97. The minimum Gasteiger partial charge on any atom is -0.491 e. The van der Waals surface area contributed by atoms with Crippen molar-refractivity contribution in [2.45, 2.75) is 19.1 Å².